The Morgan fingerprint density at radius 1 is 1.18 bits per heavy atom. The number of imidazole rings is 1. The van der Waals surface area contributed by atoms with E-state index in [0.717, 1.165) is 34.5 Å². The molecule has 3 rings (SSSR count). The number of carbonyl (C=O) groups is 1. The van der Waals surface area contributed by atoms with E-state index in [-0.39, 0.29) is 11.8 Å². The van der Waals surface area contributed by atoms with Gasteiger partial charge in [0.1, 0.15) is 5.82 Å². The zero-order valence-corrected chi connectivity index (χ0v) is 12.8. The molecule has 4 nitrogen and oxygen atoms in total. The largest absolute Gasteiger partial charge is 0.338 e. The molecule has 0 radical (unpaired) electrons. The maximum Gasteiger partial charge on any atom is 0.227 e. The molecule has 0 spiro atoms. The van der Waals surface area contributed by atoms with Crippen LogP contribution in [0, 0.1) is 5.92 Å². The van der Waals surface area contributed by atoms with Crippen molar-refractivity contribution >= 4 is 22.6 Å². The summed E-state index contributed by atoms with van der Waals surface area (Å²) in [6.07, 6.45) is 0.836. The molecule has 1 unspecified atom stereocenters. The average molecular weight is 293 g/mol. The monoisotopic (exact) mass is 293 g/mol. The van der Waals surface area contributed by atoms with E-state index in [9.17, 15) is 4.79 Å². The number of hydrogen-bond donors (Lipinski definition) is 2. The topological polar surface area (TPSA) is 57.8 Å². The lowest BCUT2D eigenvalue weighted by molar-refractivity contribution is -0.119. The molecule has 0 bridgehead atoms. The second kappa shape index (κ2) is 6.02. The van der Waals surface area contributed by atoms with Gasteiger partial charge in [-0.05, 0) is 42.8 Å². The molecular formula is C18H19N3O. The number of amides is 1. The van der Waals surface area contributed by atoms with Crippen molar-refractivity contribution < 1.29 is 4.79 Å². The van der Waals surface area contributed by atoms with Crippen molar-refractivity contribution in [1.29, 1.82) is 0 Å². The number of nitrogens with one attached hydrogen (secondary N) is 2. The van der Waals surface area contributed by atoms with Gasteiger partial charge in [0, 0.05) is 17.2 Å². The Morgan fingerprint density at radius 2 is 1.91 bits per heavy atom. The Hall–Kier alpha value is -2.62. The lowest BCUT2D eigenvalue weighted by Gasteiger charge is -2.10. The van der Waals surface area contributed by atoms with Gasteiger partial charge in [-0.2, -0.15) is 0 Å². The molecule has 0 aliphatic rings. The SMILES string of the molecule is CCC(C)C(=O)Nc1ccc(-c2nc3ccccc3[nH]2)cc1. The van der Waals surface area contributed by atoms with Gasteiger partial charge in [0.15, 0.2) is 0 Å². The summed E-state index contributed by atoms with van der Waals surface area (Å²) in [5, 5.41) is 2.93. The molecule has 0 aliphatic carbocycles. The molecule has 2 N–H and O–H groups in total. The fraction of sp³-hybridized carbons (Fsp3) is 0.222. The van der Waals surface area contributed by atoms with Crippen molar-refractivity contribution in [3.8, 4) is 11.4 Å². The summed E-state index contributed by atoms with van der Waals surface area (Å²) >= 11 is 0. The number of rotatable bonds is 4. The highest BCUT2D eigenvalue weighted by atomic mass is 16.1. The van der Waals surface area contributed by atoms with Gasteiger partial charge in [0.25, 0.3) is 0 Å². The molecule has 0 saturated heterocycles. The zero-order chi connectivity index (χ0) is 15.5. The number of anilines is 1. The maximum atomic E-state index is 11.9. The molecule has 1 aromatic heterocycles. The van der Waals surface area contributed by atoms with Crippen molar-refractivity contribution in [2.45, 2.75) is 20.3 Å². The van der Waals surface area contributed by atoms with Crippen LogP contribution in [0.25, 0.3) is 22.4 Å². The Morgan fingerprint density at radius 3 is 2.59 bits per heavy atom. The van der Waals surface area contributed by atoms with Gasteiger partial charge in [-0.1, -0.05) is 26.0 Å². The predicted octanol–water partition coefficient (Wildman–Crippen LogP) is 4.21. The summed E-state index contributed by atoms with van der Waals surface area (Å²) in [6.45, 7) is 3.94. The van der Waals surface area contributed by atoms with Crippen LogP contribution in [-0.4, -0.2) is 15.9 Å². The average Bonchev–Trinajstić information content (AvgIpc) is 2.98. The minimum absolute atomic E-state index is 0.0232. The molecule has 4 heteroatoms. The number of aromatic amines is 1. The summed E-state index contributed by atoms with van der Waals surface area (Å²) in [4.78, 5) is 19.8. The van der Waals surface area contributed by atoms with Crippen LogP contribution < -0.4 is 5.32 Å². The molecular weight excluding hydrogens is 274 g/mol. The quantitative estimate of drug-likeness (QED) is 0.757. The van der Waals surface area contributed by atoms with E-state index in [1.54, 1.807) is 0 Å². The van der Waals surface area contributed by atoms with Crippen LogP contribution in [-0.2, 0) is 4.79 Å². The Bertz CT molecular complexity index is 756. The van der Waals surface area contributed by atoms with Gasteiger partial charge in [-0.3, -0.25) is 4.79 Å². The van der Waals surface area contributed by atoms with E-state index < -0.39 is 0 Å². The maximum absolute atomic E-state index is 11.9. The lowest BCUT2D eigenvalue weighted by Crippen LogP contribution is -2.19. The molecule has 1 heterocycles. The third-order valence-corrected chi connectivity index (χ3v) is 3.88. The van der Waals surface area contributed by atoms with Crippen LogP contribution in [0.5, 0.6) is 0 Å². The fourth-order valence-electron chi connectivity index (χ4n) is 2.25. The van der Waals surface area contributed by atoms with Gasteiger partial charge in [0.2, 0.25) is 5.91 Å². The predicted molar refractivity (Wildman–Crippen MR) is 89.6 cm³/mol. The second-order valence-corrected chi connectivity index (χ2v) is 5.48. The van der Waals surface area contributed by atoms with Gasteiger partial charge in [-0.25, -0.2) is 4.98 Å². The first-order valence-electron chi connectivity index (χ1n) is 7.53. The fourth-order valence-corrected chi connectivity index (χ4v) is 2.25. The van der Waals surface area contributed by atoms with Gasteiger partial charge in [-0.15, -0.1) is 0 Å². The van der Waals surface area contributed by atoms with E-state index >= 15 is 0 Å². The number of nitrogens with zero attached hydrogens (tertiary/aromatic N) is 1. The molecule has 2 aromatic carbocycles. The zero-order valence-electron chi connectivity index (χ0n) is 12.8. The number of aromatic nitrogens is 2. The molecule has 22 heavy (non-hydrogen) atoms. The first-order valence-corrected chi connectivity index (χ1v) is 7.53. The number of H-pyrrole nitrogens is 1. The number of fused-ring (bicyclic) bond motifs is 1. The van der Waals surface area contributed by atoms with Crippen molar-refractivity contribution in [1.82, 2.24) is 9.97 Å². The van der Waals surface area contributed by atoms with Crippen molar-refractivity contribution in [3.05, 3.63) is 48.5 Å². The summed E-state index contributed by atoms with van der Waals surface area (Å²) in [6, 6.07) is 15.7. The van der Waals surface area contributed by atoms with Crippen LogP contribution in [0.15, 0.2) is 48.5 Å². The van der Waals surface area contributed by atoms with Crippen LogP contribution in [0.1, 0.15) is 20.3 Å². The molecule has 112 valence electrons. The second-order valence-electron chi connectivity index (χ2n) is 5.48. The number of benzene rings is 2. The van der Waals surface area contributed by atoms with Crippen LogP contribution in [0.2, 0.25) is 0 Å². The summed E-state index contributed by atoms with van der Waals surface area (Å²) in [5.74, 6) is 0.912. The van der Waals surface area contributed by atoms with E-state index in [1.165, 1.54) is 0 Å². The van der Waals surface area contributed by atoms with Crippen LogP contribution in [0.4, 0.5) is 5.69 Å². The van der Waals surface area contributed by atoms with Crippen LogP contribution >= 0.6 is 0 Å². The highest BCUT2D eigenvalue weighted by Gasteiger charge is 2.10. The molecule has 0 saturated carbocycles. The Labute approximate surface area is 129 Å². The Kier molecular flexibility index (Phi) is 3.92. The number of para-hydroxylation sites is 2. The molecule has 1 atom stereocenters. The number of hydrogen-bond acceptors (Lipinski definition) is 2. The minimum atomic E-state index is 0.0232. The minimum Gasteiger partial charge on any atom is -0.338 e. The van der Waals surface area contributed by atoms with Gasteiger partial charge >= 0.3 is 0 Å². The van der Waals surface area contributed by atoms with E-state index in [4.69, 9.17) is 0 Å². The molecule has 3 aromatic rings. The smallest absolute Gasteiger partial charge is 0.227 e. The normalized spacial score (nSPS) is 12.3. The van der Waals surface area contributed by atoms with Crippen molar-refractivity contribution in [2.24, 2.45) is 5.92 Å². The molecule has 1 amide bonds. The summed E-state index contributed by atoms with van der Waals surface area (Å²) in [7, 11) is 0. The van der Waals surface area contributed by atoms with Crippen molar-refractivity contribution in [2.75, 3.05) is 5.32 Å². The van der Waals surface area contributed by atoms with Crippen molar-refractivity contribution in [3.63, 3.8) is 0 Å². The van der Waals surface area contributed by atoms with Crippen LogP contribution in [0.3, 0.4) is 0 Å². The third-order valence-electron chi connectivity index (χ3n) is 3.88. The summed E-state index contributed by atoms with van der Waals surface area (Å²) in [5.41, 5.74) is 3.78. The van der Waals surface area contributed by atoms with E-state index in [1.807, 2.05) is 62.4 Å². The van der Waals surface area contributed by atoms with Gasteiger partial charge in [0.05, 0.1) is 11.0 Å². The highest BCUT2D eigenvalue weighted by Crippen LogP contribution is 2.22. The van der Waals surface area contributed by atoms with Gasteiger partial charge < -0.3 is 10.3 Å². The highest BCUT2D eigenvalue weighted by molar-refractivity contribution is 5.92. The number of carbonyl (C=O) groups excluding carboxylic acids is 1. The first kappa shape index (κ1) is 14.3. The standard InChI is InChI=1S/C18H19N3O/c1-3-12(2)18(22)19-14-10-8-13(9-11-14)17-20-15-6-4-5-7-16(15)21-17/h4-12H,3H2,1-2H3,(H,19,22)(H,20,21). The first-order chi connectivity index (χ1) is 10.7. The Balaban J connectivity index is 1.80. The lowest BCUT2D eigenvalue weighted by atomic mass is 10.1. The third kappa shape index (κ3) is 2.86. The molecule has 0 aliphatic heterocycles. The van der Waals surface area contributed by atoms with E-state index in [0.29, 0.717) is 0 Å². The molecule has 0 fully saturated rings. The van der Waals surface area contributed by atoms with E-state index in [2.05, 4.69) is 15.3 Å². The summed E-state index contributed by atoms with van der Waals surface area (Å²) < 4.78 is 0.